The molecule has 0 bridgehead atoms. The summed E-state index contributed by atoms with van der Waals surface area (Å²) in [4.78, 5) is 7.32. The second-order valence-electron chi connectivity index (χ2n) is 3.50. The Hall–Kier alpha value is -1.19. The van der Waals surface area contributed by atoms with Crippen molar-refractivity contribution in [3.63, 3.8) is 0 Å². The molecule has 1 aromatic rings. The minimum atomic E-state index is -0.486. The standard InChI is InChI=1S/C9H12FN3/c1-6(7-2-3-7)13-9-4-8(10)11-5-12-9/h4-7H,2-3H2,1H3,(H,11,12,13). The summed E-state index contributed by atoms with van der Waals surface area (Å²) >= 11 is 0. The number of nitrogens with one attached hydrogen (secondary N) is 1. The molecule has 0 spiro atoms. The van der Waals surface area contributed by atoms with Crippen LogP contribution in [0.2, 0.25) is 0 Å². The molecular weight excluding hydrogens is 169 g/mol. The molecule has 1 aliphatic carbocycles. The fourth-order valence-corrected chi connectivity index (χ4v) is 1.36. The van der Waals surface area contributed by atoms with Gasteiger partial charge in [-0.3, -0.25) is 0 Å². The Balaban J connectivity index is 2.00. The largest absolute Gasteiger partial charge is 0.367 e. The van der Waals surface area contributed by atoms with Crippen LogP contribution in [0.5, 0.6) is 0 Å². The first-order valence-electron chi connectivity index (χ1n) is 4.50. The predicted octanol–water partition coefficient (Wildman–Crippen LogP) is 1.83. The van der Waals surface area contributed by atoms with Crippen LogP contribution in [0, 0.1) is 11.9 Å². The zero-order valence-electron chi connectivity index (χ0n) is 7.50. The average molecular weight is 181 g/mol. The molecular formula is C9H12FN3. The van der Waals surface area contributed by atoms with Gasteiger partial charge in [0.2, 0.25) is 5.95 Å². The average Bonchev–Trinajstić information content (AvgIpc) is 2.85. The molecule has 0 aliphatic heterocycles. The Kier molecular flexibility index (Phi) is 2.12. The number of anilines is 1. The van der Waals surface area contributed by atoms with Gasteiger partial charge in [0.1, 0.15) is 12.1 Å². The molecule has 0 aromatic carbocycles. The van der Waals surface area contributed by atoms with Crippen LogP contribution in [0.15, 0.2) is 12.4 Å². The predicted molar refractivity (Wildman–Crippen MR) is 47.8 cm³/mol. The van der Waals surface area contributed by atoms with Crippen LogP contribution in [-0.4, -0.2) is 16.0 Å². The number of hydrogen-bond acceptors (Lipinski definition) is 3. The highest BCUT2D eigenvalue weighted by atomic mass is 19.1. The molecule has 0 amide bonds. The Labute approximate surface area is 76.4 Å². The normalized spacial score (nSPS) is 18.3. The van der Waals surface area contributed by atoms with Crippen molar-refractivity contribution in [2.45, 2.75) is 25.8 Å². The van der Waals surface area contributed by atoms with Gasteiger partial charge in [0.15, 0.2) is 0 Å². The fraction of sp³-hybridized carbons (Fsp3) is 0.556. The molecule has 1 unspecified atom stereocenters. The molecule has 0 radical (unpaired) electrons. The topological polar surface area (TPSA) is 37.8 Å². The zero-order chi connectivity index (χ0) is 9.26. The molecule has 13 heavy (non-hydrogen) atoms. The zero-order valence-corrected chi connectivity index (χ0v) is 7.50. The summed E-state index contributed by atoms with van der Waals surface area (Å²) in [7, 11) is 0. The van der Waals surface area contributed by atoms with Crippen molar-refractivity contribution < 1.29 is 4.39 Å². The smallest absolute Gasteiger partial charge is 0.217 e. The Bertz CT molecular complexity index is 299. The van der Waals surface area contributed by atoms with E-state index < -0.39 is 5.95 Å². The van der Waals surface area contributed by atoms with Gasteiger partial charge >= 0.3 is 0 Å². The molecule has 1 heterocycles. The highest BCUT2D eigenvalue weighted by molar-refractivity contribution is 5.33. The van der Waals surface area contributed by atoms with Crippen molar-refractivity contribution in [3.8, 4) is 0 Å². The summed E-state index contributed by atoms with van der Waals surface area (Å²) in [5, 5.41) is 3.15. The number of hydrogen-bond donors (Lipinski definition) is 1. The van der Waals surface area contributed by atoms with Crippen molar-refractivity contribution >= 4 is 5.82 Å². The maximum absolute atomic E-state index is 12.6. The van der Waals surface area contributed by atoms with Crippen molar-refractivity contribution in [2.75, 3.05) is 5.32 Å². The SMILES string of the molecule is CC(Nc1cc(F)ncn1)C1CC1. The molecule has 2 rings (SSSR count). The van der Waals surface area contributed by atoms with Gasteiger partial charge in [-0.2, -0.15) is 4.39 Å². The van der Waals surface area contributed by atoms with Crippen LogP contribution in [0.4, 0.5) is 10.2 Å². The quantitative estimate of drug-likeness (QED) is 0.723. The molecule has 3 nitrogen and oxygen atoms in total. The molecule has 1 N–H and O–H groups in total. The van der Waals surface area contributed by atoms with Crippen LogP contribution in [0.25, 0.3) is 0 Å². The third-order valence-corrected chi connectivity index (χ3v) is 2.34. The summed E-state index contributed by atoms with van der Waals surface area (Å²) in [6, 6.07) is 1.70. The van der Waals surface area contributed by atoms with E-state index in [-0.39, 0.29) is 0 Å². The van der Waals surface area contributed by atoms with Crippen LogP contribution >= 0.6 is 0 Å². The van der Waals surface area contributed by atoms with Crippen LogP contribution in [-0.2, 0) is 0 Å². The second-order valence-corrected chi connectivity index (χ2v) is 3.50. The monoisotopic (exact) mass is 181 g/mol. The van der Waals surface area contributed by atoms with E-state index in [1.54, 1.807) is 0 Å². The minimum Gasteiger partial charge on any atom is -0.367 e. The molecule has 1 aromatic heterocycles. The molecule has 1 atom stereocenters. The number of rotatable bonds is 3. The van der Waals surface area contributed by atoms with Crippen LogP contribution in [0.3, 0.4) is 0 Å². The highest BCUT2D eigenvalue weighted by Gasteiger charge is 2.27. The number of aromatic nitrogens is 2. The summed E-state index contributed by atoms with van der Waals surface area (Å²) in [5.74, 6) is 0.824. The Morgan fingerprint density at radius 1 is 1.54 bits per heavy atom. The van der Waals surface area contributed by atoms with Crippen molar-refractivity contribution in [1.29, 1.82) is 0 Å². The van der Waals surface area contributed by atoms with E-state index in [0.29, 0.717) is 11.9 Å². The van der Waals surface area contributed by atoms with Gasteiger partial charge in [-0.25, -0.2) is 9.97 Å². The minimum absolute atomic E-state index is 0.384. The van der Waals surface area contributed by atoms with Crippen molar-refractivity contribution in [3.05, 3.63) is 18.3 Å². The molecule has 70 valence electrons. The lowest BCUT2D eigenvalue weighted by Gasteiger charge is -2.12. The summed E-state index contributed by atoms with van der Waals surface area (Å²) < 4.78 is 12.6. The van der Waals surface area contributed by atoms with Gasteiger partial charge in [0, 0.05) is 12.1 Å². The molecule has 1 aliphatic rings. The first-order valence-corrected chi connectivity index (χ1v) is 4.50. The maximum Gasteiger partial charge on any atom is 0.217 e. The van der Waals surface area contributed by atoms with E-state index in [1.165, 1.54) is 25.2 Å². The maximum atomic E-state index is 12.6. The van der Waals surface area contributed by atoms with Crippen molar-refractivity contribution in [1.82, 2.24) is 9.97 Å². The van der Waals surface area contributed by atoms with Gasteiger partial charge in [0.05, 0.1) is 0 Å². The third-order valence-electron chi connectivity index (χ3n) is 2.34. The molecule has 4 heteroatoms. The van der Waals surface area contributed by atoms with Gasteiger partial charge in [-0.15, -0.1) is 0 Å². The van der Waals surface area contributed by atoms with E-state index in [4.69, 9.17) is 0 Å². The summed E-state index contributed by atoms with van der Waals surface area (Å²) in [5.41, 5.74) is 0. The molecule has 1 fully saturated rings. The van der Waals surface area contributed by atoms with Crippen LogP contribution < -0.4 is 5.32 Å². The van der Waals surface area contributed by atoms with E-state index in [0.717, 1.165) is 5.92 Å². The van der Waals surface area contributed by atoms with Gasteiger partial charge in [-0.1, -0.05) is 0 Å². The Morgan fingerprint density at radius 2 is 2.31 bits per heavy atom. The molecule has 1 saturated carbocycles. The van der Waals surface area contributed by atoms with Crippen molar-refractivity contribution in [2.24, 2.45) is 5.92 Å². The molecule has 0 saturated heterocycles. The fourth-order valence-electron chi connectivity index (χ4n) is 1.36. The summed E-state index contributed by atoms with van der Waals surface area (Å²) in [6.45, 7) is 2.09. The number of halogens is 1. The Morgan fingerprint density at radius 3 is 2.92 bits per heavy atom. The lowest BCUT2D eigenvalue weighted by molar-refractivity contribution is 0.578. The first kappa shape index (κ1) is 8.41. The van der Waals surface area contributed by atoms with E-state index in [1.807, 2.05) is 0 Å². The third kappa shape index (κ3) is 2.14. The van der Waals surface area contributed by atoms with E-state index in [2.05, 4.69) is 22.2 Å². The van der Waals surface area contributed by atoms with E-state index >= 15 is 0 Å². The first-order chi connectivity index (χ1) is 6.25. The number of nitrogens with zero attached hydrogens (tertiary/aromatic N) is 2. The van der Waals surface area contributed by atoms with Gasteiger partial charge in [0.25, 0.3) is 0 Å². The van der Waals surface area contributed by atoms with E-state index in [9.17, 15) is 4.39 Å². The highest BCUT2D eigenvalue weighted by Crippen LogP contribution is 2.33. The lowest BCUT2D eigenvalue weighted by atomic mass is 10.2. The van der Waals surface area contributed by atoms with Crippen LogP contribution in [0.1, 0.15) is 19.8 Å². The van der Waals surface area contributed by atoms with Gasteiger partial charge in [-0.05, 0) is 25.7 Å². The second kappa shape index (κ2) is 3.28. The van der Waals surface area contributed by atoms with Gasteiger partial charge < -0.3 is 5.32 Å². The lowest BCUT2D eigenvalue weighted by Crippen LogP contribution is -2.18. The summed E-state index contributed by atoms with van der Waals surface area (Å²) in [6.07, 6.45) is 3.76.